The molecule has 1 aromatic heterocycles. The second kappa shape index (κ2) is 7.24. The standard InChI is InChI=1S/C17H17NO3/c1-3-20-16(19)11-10-14-8-6-7-13(2)17(14)21-15-9-4-5-12-18-15/h4-12H,3H2,1-2H3/b11-10+. The lowest BCUT2D eigenvalue weighted by Crippen LogP contribution is -1.99. The van der Waals surface area contributed by atoms with E-state index in [1.807, 2.05) is 37.3 Å². The third-order valence-corrected chi connectivity index (χ3v) is 2.77. The zero-order valence-corrected chi connectivity index (χ0v) is 12.1. The van der Waals surface area contributed by atoms with E-state index in [4.69, 9.17) is 9.47 Å². The van der Waals surface area contributed by atoms with Gasteiger partial charge >= 0.3 is 5.97 Å². The molecule has 0 aliphatic carbocycles. The van der Waals surface area contributed by atoms with Gasteiger partial charge in [-0.05, 0) is 31.6 Å². The molecule has 4 heteroatoms. The van der Waals surface area contributed by atoms with Gasteiger partial charge in [-0.2, -0.15) is 0 Å². The van der Waals surface area contributed by atoms with Crippen molar-refractivity contribution < 1.29 is 14.3 Å². The molecule has 0 N–H and O–H groups in total. The topological polar surface area (TPSA) is 48.4 Å². The Kier molecular flexibility index (Phi) is 5.10. The summed E-state index contributed by atoms with van der Waals surface area (Å²) in [7, 11) is 0. The van der Waals surface area contributed by atoms with Crippen LogP contribution in [-0.4, -0.2) is 17.6 Å². The van der Waals surface area contributed by atoms with Crippen molar-refractivity contribution >= 4 is 12.0 Å². The van der Waals surface area contributed by atoms with E-state index in [1.165, 1.54) is 6.08 Å². The average Bonchev–Trinajstić information content (AvgIpc) is 2.49. The van der Waals surface area contributed by atoms with Crippen LogP contribution in [0.2, 0.25) is 0 Å². The second-order valence-corrected chi connectivity index (χ2v) is 4.35. The summed E-state index contributed by atoms with van der Waals surface area (Å²) in [6, 6.07) is 11.2. The minimum atomic E-state index is -0.372. The molecule has 0 saturated heterocycles. The number of aromatic nitrogens is 1. The maximum absolute atomic E-state index is 11.4. The Bertz CT molecular complexity index is 636. The van der Waals surface area contributed by atoms with Crippen LogP contribution >= 0.6 is 0 Å². The molecule has 0 aliphatic rings. The molecule has 0 spiro atoms. The van der Waals surface area contributed by atoms with Crippen molar-refractivity contribution in [1.82, 2.24) is 4.98 Å². The molecule has 108 valence electrons. The van der Waals surface area contributed by atoms with Crippen LogP contribution in [0.1, 0.15) is 18.1 Å². The van der Waals surface area contributed by atoms with Gasteiger partial charge in [-0.1, -0.05) is 24.3 Å². The minimum absolute atomic E-state index is 0.355. The molecular formula is C17H17NO3. The highest BCUT2D eigenvalue weighted by Gasteiger charge is 2.07. The Hall–Kier alpha value is -2.62. The van der Waals surface area contributed by atoms with E-state index in [9.17, 15) is 4.79 Å². The summed E-state index contributed by atoms with van der Waals surface area (Å²) >= 11 is 0. The molecule has 0 atom stereocenters. The summed E-state index contributed by atoms with van der Waals surface area (Å²) in [4.78, 5) is 15.6. The number of pyridine rings is 1. The molecule has 0 fully saturated rings. The zero-order valence-electron chi connectivity index (χ0n) is 12.1. The number of benzene rings is 1. The van der Waals surface area contributed by atoms with Gasteiger partial charge in [0.05, 0.1) is 6.61 Å². The number of carbonyl (C=O) groups excluding carboxylic acids is 1. The van der Waals surface area contributed by atoms with E-state index in [1.54, 1.807) is 25.3 Å². The molecule has 0 aliphatic heterocycles. The van der Waals surface area contributed by atoms with Crippen LogP contribution in [0.3, 0.4) is 0 Å². The molecule has 21 heavy (non-hydrogen) atoms. The van der Waals surface area contributed by atoms with Gasteiger partial charge in [-0.3, -0.25) is 0 Å². The number of nitrogens with zero attached hydrogens (tertiary/aromatic N) is 1. The lowest BCUT2D eigenvalue weighted by molar-refractivity contribution is -0.137. The fraction of sp³-hybridized carbons (Fsp3) is 0.176. The number of rotatable bonds is 5. The van der Waals surface area contributed by atoms with Gasteiger partial charge in [0, 0.05) is 23.9 Å². The Morgan fingerprint density at radius 2 is 2.10 bits per heavy atom. The van der Waals surface area contributed by atoms with E-state index in [2.05, 4.69) is 4.98 Å². The first-order chi connectivity index (χ1) is 10.2. The first-order valence-corrected chi connectivity index (χ1v) is 6.74. The number of hydrogen-bond donors (Lipinski definition) is 0. The third kappa shape index (κ3) is 4.18. The van der Waals surface area contributed by atoms with Gasteiger partial charge < -0.3 is 9.47 Å². The number of esters is 1. The highest BCUT2D eigenvalue weighted by atomic mass is 16.5. The maximum atomic E-state index is 11.4. The van der Waals surface area contributed by atoms with Crippen LogP contribution in [0.25, 0.3) is 6.08 Å². The highest BCUT2D eigenvalue weighted by Crippen LogP contribution is 2.28. The second-order valence-electron chi connectivity index (χ2n) is 4.35. The molecule has 0 bridgehead atoms. The molecule has 0 amide bonds. The first kappa shape index (κ1) is 14.8. The van der Waals surface area contributed by atoms with Crippen LogP contribution in [0.4, 0.5) is 0 Å². The number of ether oxygens (including phenoxy) is 2. The zero-order chi connectivity index (χ0) is 15.1. The molecule has 2 aromatic rings. The van der Waals surface area contributed by atoms with Crippen LogP contribution in [-0.2, 0) is 9.53 Å². The fourth-order valence-electron chi connectivity index (χ4n) is 1.81. The summed E-state index contributed by atoms with van der Waals surface area (Å²) in [6.07, 6.45) is 4.74. The Labute approximate surface area is 124 Å². The first-order valence-electron chi connectivity index (χ1n) is 6.74. The van der Waals surface area contributed by atoms with Crippen LogP contribution in [0.5, 0.6) is 11.6 Å². The molecule has 0 radical (unpaired) electrons. The van der Waals surface area contributed by atoms with Crippen molar-refractivity contribution in [3.05, 3.63) is 59.8 Å². The summed E-state index contributed by atoms with van der Waals surface area (Å²) in [6.45, 7) is 4.07. The fourth-order valence-corrected chi connectivity index (χ4v) is 1.81. The predicted molar refractivity (Wildman–Crippen MR) is 81.2 cm³/mol. The largest absolute Gasteiger partial charge is 0.463 e. The van der Waals surface area contributed by atoms with Gasteiger partial charge in [0.1, 0.15) is 5.75 Å². The van der Waals surface area contributed by atoms with Gasteiger partial charge in [0.15, 0.2) is 0 Å². The summed E-state index contributed by atoms with van der Waals surface area (Å²) in [5.74, 6) is 0.817. The lowest BCUT2D eigenvalue weighted by Gasteiger charge is -2.10. The average molecular weight is 283 g/mol. The smallest absolute Gasteiger partial charge is 0.330 e. The van der Waals surface area contributed by atoms with Crippen LogP contribution in [0.15, 0.2) is 48.7 Å². The Morgan fingerprint density at radius 1 is 1.24 bits per heavy atom. The van der Waals surface area contributed by atoms with Crippen molar-refractivity contribution in [3.63, 3.8) is 0 Å². The van der Waals surface area contributed by atoms with E-state index in [0.29, 0.717) is 18.2 Å². The molecule has 1 heterocycles. The summed E-state index contributed by atoms with van der Waals surface area (Å²) in [5.41, 5.74) is 1.76. The van der Waals surface area contributed by atoms with Gasteiger partial charge in [0.2, 0.25) is 5.88 Å². The van der Waals surface area contributed by atoms with Crippen molar-refractivity contribution in [2.45, 2.75) is 13.8 Å². The number of carbonyl (C=O) groups is 1. The molecule has 2 rings (SSSR count). The Morgan fingerprint density at radius 3 is 2.81 bits per heavy atom. The third-order valence-electron chi connectivity index (χ3n) is 2.77. The SMILES string of the molecule is CCOC(=O)/C=C/c1cccc(C)c1Oc1ccccn1. The highest BCUT2D eigenvalue weighted by molar-refractivity contribution is 5.87. The number of hydrogen-bond acceptors (Lipinski definition) is 4. The van der Waals surface area contributed by atoms with E-state index >= 15 is 0 Å². The van der Waals surface area contributed by atoms with E-state index < -0.39 is 0 Å². The number of aryl methyl sites for hydroxylation is 1. The molecule has 4 nitrogen and oxygen atoms in total. The van der Waals surface area contributed by atoms with Crippen molar-refractivity contribution in [2.24, 2.45) is 0 Å². The summed E-state index contributed by atoms with van der Waals surface area (Å²) < 4.78 is 10.7. The molecular weight excluding hydrogens is 266 g/mol. The van der Waals surface area contributed by atoms with Crippen molar-refractivity contribution in [1.29, 1.82) is 0 Å². The summed E-state index contributed by atoms with van der Waals surface area (Å²) in [5, 5.41) is 0. The van der Waals surface area contributed by atoms with Crippen molar-refractivity contribution in [2.75, 3.05) is 6.61 Å². The van der Waals surface area contributed by atoms with Crippen LogP contribution < -0.4 is 4.74 Å². The quantitative estimate of drug-likeness (QED) is 0.619. The number of para-hydroxylation sites is 1. The Balaban J connectivity index is 2.26. The van der Waals surface area contributed by atoms with E-state index in [0.717, 1.165) is 11.1 Å². The molecule has 0 unspecified atom stereocenters. The normalized spacial score (nSPS) is 10.6. The van der Waals surface area contributed by atoms with E-state index in [-0.39, 0.29) is 5.97 Å². The monoisotopic (exact) mass is 283 g/mol. The molecule has 0 saturated carbocycles. The van der Waals surface area contributed by atoms with Gasteiger partial charge in [0.25, 0.3) is 0 Å². The maximum Gasteiger partial charge on any atom is 0.330 e. The van der Waals surface area contributed by atoms with Gasteiger partial charge in [-0.15, -0.1) is 0 Å². The van der Waals surface area contributed by atoms with Crippen LogP contribution in [0, 0.1) is 6.92 Å². The minimum Gasteiger partial charge on any atom is -0.463 e. The van der Waals surface area contributed by atoms with Crippen molar-refractivity contribution in [3.8, 4) is 11.6 Å². The lowest BCUT2D eigenvalue weighted by atomic mass is 10.1. The molecule has 1 aromatic carbocycles. The predicted octanol–water partition coefficient (Wildman–Crippen LogP) is 3.76. The van der Waals surface area contributed by atoms with Gasteiger partial charge in [-0.25, -0.2) is 9.78 Å².